The van der Waals surface area contributed by atoms with E-state index in [1.807, 2.05) is 0 Å². The highest BCUT2D eigenvalue weighted by molar-refractivity contribution is 5.84. The van der Waals surface area contributed by atoms with E-state index in [-0.39, 0.29) is 5.57 Å². The number of aliphatic carboxylic acids is 3. The van der Waals surface area contributed by atoms with Crippen LogP contribution in [0.4, 0.5) is 0 Å². The lowest BCUT2D eigenvalue weighted by Gasteiger charge is -2.07. The molecule has 0 spiro atoms. The van der Waals surface area contributed by atoms with Crippen molar-refractivity contribution in [1.82, 2.24) is 0 Å². The quantitative estimate of drug-likeness (QED) is 0.370. The Hall–Kier alpha value is -1.93. The number of rotatable bonds is 4. The van der Waals surface area contributed by atoms with Gasteiger partial charge in [0.15, 0.2) is 12.2 Å². The predicted octanol–water partition coefficient (Wildman–Crippen LogP) is -1.48. The molecule has 2 atom stereocenters. The number of aliphatic hydroxyl groups excluding tert-OH is 2. The number of hydrogen-bond acceptors (Lipinski definition) is 5. The molecule has 0 aromatic rings. The summed E-state index contributed by atoms with van der Waals surface area (Å²) in [6.45, 7) is 4.60. The maximum atomic E-state index is 9.77. The Bertz CT molecular complexity index is 264. The maximum Gasteiger partial charge on any atom is 0.335 e. The number of carboxylic acid groups (broad SMARTS) is 3. The van der Waals surface area contributed by atoms with E-state index in [2.05, 4.69) is 6.58 Å². The minimum atomic E-state index is -2.27. The Morgan fingerprint density at radius 2 is 1.12 bits per heavy atom. The average Bonchev–Trinajstić information content (AvgIpc) is 2.15. The van der Waals surface area contributed by atoms with E-state index < -0.39 is 30.1 Å². The van der Waals surface area contributed by atoms with Crippen LogP contribution in [0.2, 0.25) is 0 Å². The maximum absolute atomic E-state index is 9.77. The summed E-state index contributed by atoms with van der Waals surface area (Å²) in [5.41, 5.74) is 0.176. The van der Waals surface area contributed by atoms with Crippen LogP contribution in [0.1, 0.15) is 6.92 Å². The van der Waals surface area contributed by atoms with Crippen molar-refractivity contribution in [2.75, 3.05) is 0 Å². The number of carboxylic acids is 3. The third-order valence-corrected chi connectivity index (χ3v) is 1.17. The van der Waals surface area contributed by atoms with E-state index in [0.717, 1.165) is 0 Å². The molecule has 0 aromatic carbocycles. The fourth-order valence-corrected chi connectivity index (χ4v) is 0.270. The standard InChI is InChI=1S/C4H6O6.C4H6O2/c5-1(3(7)8)2(6)4(9)10;1-3(2)4(5)6/h1-2,5-6H,(H,7,8)(H,9,10);1H2,2H3,(H,5,6). The van der Waals surface area contributed by atoms with Gasteiger partial charge in [-0.2, -0.15) is 0 Å². The van der Waals surface area contributed by atoms with Crippen molar-refractivity contribution in [3.8, 4) is 0 Å². The molecule has 0 aromatic heterocycles. The predicted molar refractivity (Wildman–Crippen MR) is 49.7 cm³/mol. The molecule has 0 aliphatic carbocycles. The topological polar surface area (TPSA) is 152 Å². The first-order valence-corrected chi connectivity index (χ1v) is 3.81. The monoisotopic (exact) mass is 236 g/mol. The van der Waals surface area contributed by atoms with Gasteiger partial charge in [-0.05, 0) is 6.92 Å². The Labute approximate surface area is 90.1 Å². The molecule has 0 bridgehead atoms. The summed E-state index contributed by atoms with van der Waals surface area (Å²) in [6.07, 6.45) is -4.53. The Morgan fingerprint density at radius 1 is 0.938 bits per heavy atom. The van der Waals surface area contributed by atoms with Gasteiger partial charge in [-0.25, -0.2) is 14.4 Å². The van der Waals surface area contributed by atoms with Crippen molar-refractivity contribution in [2.24, 2.45) is 0 Å². The molecular weight excluding hydrogens is 224 g/mol. The van der Waals surface area contributed by atoms with Gasteiger partial charge in [0.05, 0.1) is 0 Å². The smallest absolute Gasteiger partial charge is 0.335 e. The van der Waals surface area contributed by atoms with Crippen molar-refractivity contribution < 1.29 is 39.9 Å². The highest BCUT2D eigenvalue weighted by Crippen LogP contribution is 1.92. The molecule has 0 aliphatic rings. The van der Waals surface area contributed by atoms with Crippen molar-refractivity contribution in [3.05, 3.63) is 12.2 Å². The molecule has 0 radical (unpaired) electrons. The van der Waals surface area contributed by atoms with E-state index in [4.69, 9.17) is 25.5 Å². The molecule has 0 aliphatic heterocycles. The summed E-state index contributed by atoms with van der Waals surface area (Å²) in [5, 5.41) is 40.4. The molecular formula is C8H12O8. The van der Waals surface area contributed by atoms with Gasteiger partial charge < -0.3 is 25.5 Å². The minimum Gasteiger partial charge on any atom is -0.479 e. The van der Waals surface area contributed by atoms with Crippen LogP contribution in [0.5, 0.6) is 0 Å². The highest BCUT2D eigenvalue weighted by atomic mass is 16.4. The van der Waals surface area contributed by atoms with Crippen LogP contribution < -0.4 is 0 Å². The molecule has 0 heterocycles. The van der Waals surface area contributed by atoms with Crippen LogP contribution in [0.3, 0.4) is 0 Å². The molecule has 0 fully saturated rings. The van der Waals surface area contributed by atoms with E-state index >= 15 is 0 Å². The Kier molecular flexibility index (Phi) is 7.60. The molecule has 16 heavy (non-hydrogen) atoms. The van der Waals surface area contributed by atoms with Crippen molar-refractivity contribution >= 4 is 17.9 Å². The van der Waals surface area contributed by atoms with Gasteiger partial charge in [0.25, 0.3) is 0 Å². The molecule has 0 amide bonds. The first kappa shape index (κ1) is 16.5. The van der Waals surface area contributed by atoms with Crippen molar-refractivity contribution in [3.63, 3.8) is 0 Å². The van der Waals surface area contributed by atoms with Gasteiger partial charge in [-0.1, -0.05) is 6.58 Å². The summed E-state index contributed by atoms with van der Waals surface area (Å²) < 4.78 is 0. The number of hydrogen-bond donors (Lipinski definition) is 5. The molecule has 2 unspecified atom stereocenters. The van der Waals surface area contributed by atoms with Gasteiger partial charge in [-0.15, -0.1) is 0 Å². The SMILES string of the molecule is C=C(C)C(=O)O.O=C(O)C(O)C(O)C(=O)O. The molecule has 5 N–H and O–H groups in total. The third kappa shape index (κ3) is 7.47. The molecule has 8 heteroatoms. The Morgan fingerprint density at radius 3 is 1.19 bits per heavy atom. The lowest BCUT2D eigenvalue weighted by Crippen LogP contribution is -2.39. The molecule has 0 rings (SSSR count). The summed E-state index contributed by atoms with van der Waals surface area (Å²) in [6, 6.07) is 0. The van der Waals surface area contributed by atoms with Crippen LogP contribution in [0.15, 0.2) is 12.2 Å². The first-order chi connectivity index (χ1) is 7.11. The normalized spacial score (nSPS) is 12.7. The van der Waals surface area contributed by atoms with Gasteiger partial charge in [0.2, 0.25) is 0 Å². The average molecular weight is 236 g/mol. The van der Waals surface area contributed by atoms with E-state index in [9.17, 15) is 14.4 Å². The van der Waals surface area contributed by atoms with Crippen LogP contribution in [-0.4, -0.2) is 55.6 Å². The molecule has 8 nitrogen and oxygen atoms in total. The molecule has 92 valence electrons. The van der Waals surface area contributed by atoms with Crippen LogP contribution in [0, 0.1) is 0 Å². The van der Waals surface area contributed by atoms with Gasteiger partial charge in [0.1, 0.15) is 0 Å². The second-order valence-corrected chi connectivity index (χ2v) is 2.65. The summed E-state index contributed by atoms with van der Waals surface area (Å²) in [4.78, 5) is 29.1. The fraction of sp³-hybridized carbons (Fsp3) is 0.375. The fourth-order valence-electron chi connectivity index (χ4n) is 0.270. The van der Waals surface area contributed by atoms with Crippen LogP contribution in [-0.2, 0) is 14.4 Å². The first-order valence-electron chi connectivity index (χ1n) is 3.81. The lowest BCUT2D eigenvalue weighted by atomic mass is 10.2. The minimum absolute atomic E-state index is 0.176. The Balaban J connectivity index is 0. The zero-order chi connectivity index (χ0) is 13.5. The number of carbonyl (C=O) groups is 3. The molecule has 0 saturated heterocycles. The van der Waals surface area contributed by atoms with Crippen molar-refractivity contribution in [2.45, 2.75) is 19.1 Å². The van der Waals surface area contributed by atoms with E-state index in [0.29, 0.717) is 0 Å². The highest BCUT2D eigenvalue weighted by Gasteiger charge is 2.29. The van der Waals surface area contributed by atoms with Gasteiger partial charge in [0, 0.05) is 5.57 Å². The second-order valence-electron chi connectivity index (χ2n) is 2.65. The zero-order valence-electron chi connectivity index (χ0n) is 8.32. The summed E-state index contributed by atoms with van der Waals surface area (Å²) >= 11 is 0. The van der Waals surface area contributed by atoms with Gasteiger partial charge in [-0.3, -0.25) is 0 Å². The largest absolute Gasteiger partial charge is 0.479 e. The third-order valence-electron chi connectivity index (χ3n) is 1.17. The zero-order valence-corrected chi connectivity index (χ0v) is 8.32. The van der Waals surface area contributed by atoms with Crippen molar-refractivity contribution in [1.29, 1.82) is 0 Å². The second kappa shape index (κ2) is 7.37. The summed E-state index contributed by atoms with van der Waals surface area (Å²) in [7, 11) is 0. The van der Waals surface area contributed by atoms with E-state index in [1.54, 1.807) is 0 Å². The van der Waals surface area contributed by atoms with E-state index in [1.165, 1.54) is 6.92 Å². The summed E-state index contributed by atoms with van der Waals surface area (Å²) in [5.74, 6) is -4.47. The van der Waals surface area contributed by atoms with Crippen LogP contribution >= 0.6 is 0 Å². The van der Waals surface area contributed by atoms with Crippen LogP contribution in [0.25, 0.3) is 0 Å². The molecule has 0 saturated carbocycles. The lowest BCUT2D eigenvalue weighted by molar-refractivity contribution is -0.165. The number of aliphatic hydroxyl groups is 2. The van der Waals surface area contributed by atoms with Gasteiger partial charge >= 0.3 is 17.9 Å².